The molecule has 1 atom stereocenters. The summed E-state index contributed by atoms with van der Waals surface area (Å²) in [6.07, 6.45) is 5.12. The van der Waals surface area contributed by atoms with Crippen LogP contribution in [-0.2, 0) is 9.53 Å². The average Bonchev–Trinajstić information content (AvgIpc) is 2.93. The minimum Gasteiger partial charge on any atom is -0.466 e. The molecule has 0 amide bonds. The zero-order valence-corrected chi connectivity index (χ0v) is 11.2. The Kier molecular flexibility index (Phi) is 2.98. The maximum atomic E-state index is 12.1. The summed E-state index contributed by atoms with van der Waals surface area (Å²) in [5.41, 5.74) is 2.19. The zero-order chi connectivity index (χ0) is 14.1. The maximum Gasteiger partial charge on any atom is 0.338 e. The van der Waals surface area contributed by atoms with E-state index < -0.39 is 0 Å². The average molecular weight is 270 g/mol. The van der Waals surface area contributed by atoms with E-state index in [1.165, 1.54) is 7.11 Å². The number of aromatic nitrogens is 3. The van der Waals surface area contributed by atoms with Crippen molar-refractivity contribution < 1.29 is 9.53 Å². The standard InChI is InChI=1S/C14H14N4O2/c1-9-12(14(19)20-2)13(10-4-3-6-15-8-10)18-11(17-9)5-7-16-18/h3-8,13,17H,1-2H3. The molecule has 2 aromatic rings. The van der Waals surface area contributed by atoms with Gasteiger partial charge in [-0.2, -0.15) is 5.10 Å². The van der Waals surface area contributed by atoms with Crippen LogP contribution in [0.3, 0.4) is 0 Å². The number of ether oxygens (including phenoxy) is 1. The van der Waals surface area contributed by atoms with E-state index in [4.69, 9.17) is 4.74 Å². The fourth-order valence-corrected chi connectivity index (χ4v) is 2.43. The molecule has 6 nitrogen and oxygen atoms in total. The molecule has 0 aromatic carbocycles. The molecule has 0 aliphatic carbocycles. The fourth-order valence-electron chi connectivity index (χ4n) is 2.43. The van der Waals surface area contributed by atoms with E-state index in [0.717, 1.165) is 17.1 Å². The predicted molar refractivity (Wildman–Crippen MR) is 72.9 cm³/mol. The first-order valence-corrected chi connectivity index (χ1v) is 6.22. The van der Waals surface area contributed by atoms with Crippen molar-refractivity contribution in [3.63, 3.8) is 0 Å². The minimum absolute atomic E-state index is 0.331. The van der Waals surface area contributed by atoms with E-state index in [0.29, 0.717) is 5.57 Å². The molecule has 3 rings (SSSR count). The number of methoxy groups -OCH3 is 1. The summed E-state index contributed by atoms with van der Waals surface area (Å²) in [7, 11) is 1.38. The predicted octanol–water partition coefficient (Wildman–Crippen LogP) is 1.74. The van der Waals surface area contributed by atoms with E-state index in [9.17, 15) is 4.79 Å². The number of nitrogens with one attached hydrogen (secondary N) is 1. The van der Waals surface area contributed by atoms with E-state index >= 15 is 0 Å². The molecule has 6 heteroatoms. The molecule has 0 radical (unpaired) electrons. The SMILES string of the molecule is COC(=O)C1=C(C)Nc2ccnn2C1c1cccnc1. The van der Waals surface area contributed by atoms with Crippen molar-refractivity contribution in [1.82, 2.24) is 14.8 Å². The molecule has 0 saturated carbocycles. The van der Waals surface area contributed by atoms with Gasteiger partial charge in [0.1, 0.15) is 11.9 Å². The lowest BCUT2D eigenvalue weighted by atomic mass is 9.97. The number of allylic oxidation sites excluding steroid dienone is 1. The van der Waals surface area contributed by atoms with Gasteiger partial charge < -0.3 is 10.1 Å². The van der Waals surface area contributed by atoms with Crippen LogP contribution < -0.4 is 5.32 Å². The Morgan fingerprint density at radius 1 is 1.40 bits per heavy atom. The van der Waals surface area contributed by atoms with Gasteiger partial charge in [0, 0.05) is 24.2 Å². The Hall–Kier alpha value is -2.63. The Labute approximate surface area is 116 Å². The van der Waals surface area contributed by atoms with Crippen LogP contribution >= 0.6 is 0 Å². The quantitative estimate of drug-likeness (QED) is 0.842. The summed E-state index contributed by atoms with van der Waals surface area (Å²) in [5, 5.41) is 7.46. The van der Waals surface area contributed by atoms with Crippen molar-refractivity contribution in [1.29, 1.82) is 0 Å². The number of pyridine rings is 1. The van der Waals surface area contributed by atoms with Crippen LogP contribution in [0.2, 0.25) is 0 Å². The highest BCUT2D eigenvalue weighted by Gasteiger charge is 2.33. The summed E-state index contributed by atoms with van der Waals surface area (Å²) in [6.45, 7) is 1.85. The van der Waals surface area contributed by atoms with Gasteiger partial charge in [-0.1, -0.05) is 6.07 Å². The summed E-state index contributed by atoms with van der Waals surface area (Å²) in [4.78, 5) is 16.2. The molecule has 0 spiro atoms. The third kappa shape index (κ3) is 1.85. The highest BCUT2D eigenvalue weighted by atomic mass is 16.5. The number of hydrogen-bond donors (Lipinski definition) is 1. The number of rotatable bonds is 2. The molecular formula is C14H14N4O2. The number of carbonyl (C=O) groups excluding carboxylic acids is 1. The van der Waals surface area contributed by atoms with Gasteiger partial charge in [-0.25, -0.2) is 9.48 Å². The van der Waals surface area contributed by atoms with Gasteiger partial charge in [-0.05, 0) is 18.6 Å². The number of esters is 1. The van der Waals surface area contributed by atoms with Crippen LogP contribution in [0.1, 0.15) is 18.5 Å². The Balaban J connectivity index is 2.19. The van der Waals surface area contributed by atoms with Gasteiger partial charge in [-0.3, -0.25) is 4.98 Å². The van der Waals surface area contributed by atoms with Crippen molar-refractivity contribution >= 4 is 11.8 Å². The first-order chi connectivity index (χ1) is 9.72. The third-order valence-corrected chi connectivity index (χ3v) is 3.31. The van der Waals surface area contributed by atoms with Crippen molar-refractivity contribution in [2.24, 2.45) is 0 Å². The van der Waals surface area contributed by atoms with Gasteiger partial charge >= 0.3 is 5.97 Å². The van der Waals surface area contributed by atoms with Crippen molar-refractivity contribution in [2.75, 3.05) is 12.4 Å². The number of fused-ring (bicyclic) bond motifs is 1. The summed E-state index contributed by atoms with van der Waals surface area (Å²) >= 11 is 0. The van der Waals surface area contributed by atoms with Crippen LogP contribution in [0, 0.1) is 0 Å². The van der Waals surface area contributed by atoms with Crippen molar-refractivity contribution in [3.05, 3.63) is 53.6 Å². The lowest BCUT2D eigenvalue weighted by Crippen LogP contribution is -2.29. The van der Waals surface area contributed by atoms with Crippen LogP contribution in [0.15, 0.2) is 48.1 Å². The van der Waals surface area contributed by atoms with Crippen LogP contribution in [-0.4, -0.2) is 27.8 Å². The summed E-state index contributed by atoms with van der Waals surface area (Å²) < 4.78 is 6.67. The summed E-state index contributed by atoms with van der Waals surface area (Å²) in [6, 6.07) is 5.29. The fraction of sp³-hybridized carbons (Fsp3) is 0.214. The van der Waals surface area contributed by atoms with E-state index in [-0.39, 0.29) is 12.0 Å². The third-order valence-electron chi connectivity index (χ3n) is 3.31. The number of anilines is 1. The second-order valence-electron chi connectivity index (χ2n) is 4.51. The lowest BCUT2D eigenvalue weighted by Gasteiger charge is -2.28. The molecule has 1 aliphatic rings. The van der Waals surface area contributed by atoms with E-state index in [1.54, 1.807) is 23.3 Å². The van der Waals surface area contributed by atoms with Crippen LogP contribution in [0.5, 0.6) is 0 Å². The topological polar surface area (TPSA) is 69.0 Å². The molecule has 102 valence electrons. The Morgan fingerprint density at radius 3 is 2.95 bits per heavy atom. The van der Waals surface area contributed by atoms with Gasteiger partial charge in [-0.15, -0.1) is 0 Å². The largest absolute Gasteiger partial charge is 0.466 e. The molecule has 20 heavy (non-hydrogen) atoms. The monoisotopic (exact) mass is 270 g/mol. The summed E-state index contributed by atoms with van der Waals surface area (Å²) in [5.74, 6) is 0.467. The molecular weight excluding hydrogens is 256 g/mol. The molecule has 1 aliphatic heterocycles. The maximum absolute atomic E-state index is 12.1. The normalized spacial score (nSPS) is 17.4. The van der Waals surface area contributed by atoms with Crippen molar-refractivity contribution in [3.8, 4) is 0 Å². The molecule has 2 aromatic heterocycles. The van der Waals surface area contributed by atoms with E-state index in [2.05, 4.69) is 15.4 Å². The van der Waals surface area contributed by atoms with Gasteiger partial charge in [0.25, 0.3) is 0 Å². The first kappa shape index (κ1) is 12.4. The van der Waals surface area contributed by atoms with E-state index in [1.807, 2.05) is 25.1 Å². The number of hydrogen-bond acceptors (Lipinski definition) is 5. The number of nitrogens with zero attached hydrogens (tertiary/aromatic N) is 3. The Morgan fingerprint density at radius 2 is 2.25 bits per heavy atom. The second kappa shape index (κ2) is 4.80. The molecule has 3 heterocycles. The Bertz CT molecular complexity index is 675. The lowest BCUT2D eigenvalue weighted by molar-refractivity contribution is -0.136. The second-order valence-corrected chi connectivity index (χ2v) is 4.51. The highest BCUT2D eigenvalue weighted by Crippen LogP contribution is 2.35. The first-order valence-electron chi connectivity index (χ1n) is 6.22. The molecule has 0 fully saturated rings. The van der Waals surface area contributed by atoms with Gasteiger partial charge in [0.05, 0.1) is 18.9 Å². The highest BCUT2D eigenvalue weighted by molar-refractivity contribution is 5.92. The minimum atomic E-state index is -0.370. The molecule has 1 unspecified atom stereocenters. The molecule has 1 N–H and O–H groups in total. The van der Waals surface area contributed by atoms with Crippen LogP contribution in [0.4, 0.5) is 5.82 Å². The molecule has 0 saturated heterocycles. The van der Waals surface area contributed by atoms with Gasteiger partial charge in [0.15, 0.2) is 0 Å². The molecule has 0 bridgehead atoms. The van der Waals surface area contributed by atoms with Gasteiger partial charge in [0.2, 0.25) is 0 Å². The van der Waals surface area contributed by atoms with Crippen molar-refractivity contribution in [2.45, 2.75) is 13.0 Å². The zero-order valence-electron chi connectivity index (χ0n) is 11.2. The van der Waals surface area contributed by atoms with Crippen LogP contribution in [0.25, 0.3) is 0 Å². The smallest absolute Gasteiger partial charge is 0.338 e. The number of carbonyl (C=O) groups is 1.